The number of nitrogen functional groups attached to an aromatic ring is 1. The second kappa shape index (κ2) is 8.23. The van der Waals surface area contributed by atoms with Gasteiger partial charge in [0.15, 0.2) is 5.82 Å². The van der Waals surface area contributed by atoms with E-state index in [0.29, 0.717) is 21.5 Å². The van der Waals surface area contributed by atoms with Crippen molar-refractivity contribution in [2.45, 2.75) is 12.1 Å². The summed E-state index contributed by atoms with van der Waals surface area (Å²) in [5.41, 5.74) is 2.40. The first-order chi connectivity index (χ1) is 13.0. The minimum absolute atomic E-state index is 0.0691. The summed E-state index contributed by atoms with van der Waals surface area (Å²) < 4.78 is 6.05. The summed E-state index contributed by atoms with van der Waals surface area (Å²) in [5.74, 6) is 5.87. The average Bonchev–Trinajstić information content (AvgIpc) is 3.27. The molecule has 0 aliphatic carbocycles. The fourth-order valence-corrected chi connectivity index (χ4v) is 3.67. The number of nitrogens with one attached hydrogen (secondary N) is 1. The summed E-state index contributed by atoms with van der Waals surface area (Å²) in [4.78, 5) is 24.2. The molecule has 0 bridgehead atoms. The highest BCUT2D eigenvalue weighted by molar-refractivity contribution is 7.99. The number of nitrogens with zero attached hydrogens (tertiary/aromatic N) is 3. The van der Waals surface area contributed by atoms with Gasteiger partial charge in [-0.2, -0.15) is 0 Å². The molecule has 3 N–H and O–H groups in total. The van der Waals surface area contributed by atoms with Crippen LogP contribution in [0.25, 0.3) is 11.4 Å². The third kappa shape index (κ3) is 4.29. The lowest BCUT2D eigenvalue weighted by Crippen LogP contribution is -2.17. The molecular weight excluding hydrogens is 386 g/mol. The van der Waals surface area contributed by atoms with Crippen LogP contribution in [0.5, 0.6) is 0 Å². The van der Waals surface area contributed by atoms with Crippen LogP contribution in [0, 0.1) is 6.92 Å². The van der Waals surface area contributed by atoms with Crippen molar-refractivity contribution < 1.29 is 14.3 Å². The minimum Gasteiger partial charge on any atom is -0.465 e. The molecule has 0 spiro atoms. The number of aromatic nitrogens is 3. The van der Waals surface area contributed by atoms with Crippen molar-refractivity contribution in [2.24, 2.45) is 0 Å². The fraction of sp³-hybridized carbons (Fsp3) is 0.176. The zero-order chi connectivity index (χ0) is 19.4. The molecule has 0 aliphatic rings. The molecule has 3 rings (SSSR count). The summed E-state index contributed by atoms with van der Waals surface area (Å²) in [6.45, 7) is 2.00. The van der Waals surface area contributed by atoms with E-state index in [-0.39, 0.29) is 11.7 Å². The zero-order valence-corrected chi connectivity index (χ0v) is 16.3. The van der Waals surface area contributed by atoms with Crippen LogP contribution in [-0.4, -0.2) is 39.6 Å². The van der Waals surface area contributed by atoms with Gasteiger partial charge in [0, 0.05) is 5.56 Å². The van der Waals surface area contributed by atoms with Crippen LogP contribution in [0.1, 0.15) is 15.2 Å². The first-order valence-electron chi connectivity index (χ1n) is 7.85. The maximum Gasteiger partial charge on any atom is 0.350 e. The Morgan fingerprint density at radius 1 is 1.26 bits per heavy atom. The number of amides is 1. The van der Waals surface area contributed by atoms with Gasteiger partial charge >= 0.3 is 5.97 Å². The fourth-order valence-electron chi connectivity index (χ4n) is 2.25. The van der Waals surface area contributed by atoms with E-state index < -0.39 is 5.97 Å². The van der Waals surface area contributed by atoms with Crippen LogP contribution in [0.15, 0.2) is 40.9 Å². The Morgan fingerprint density at radius 3 is 2.70 bits per heavy atom. The maximum atomic E-state index is 12.2. The Kier molecular flexibility index (Phi) is 5.77. The molecule has 140 valence electrons. The first kappa shape index (κ1) is 18.9. The monoisotopic (exact) mass is 403 g/mol. The van der Waals surface area contributed by atoms with Crippen molar-refractivity contribution in [1.29, 1.82) is 0 Å². The van der Waals surface area contributed by atoms with Crippen LogP contribution < -0.4 is 11.2 Å². The van der Waals surface area contributed by atoms with E-state index in [4.69, 9.17) is 10.6 Å². The topological polar surface area (TPSA) is 112 Å². The van der Waals surface area contributed by atoms with Crippen LogP contribution >= 0.6 is 23.1 Å². The van der Waals surface area contributed by atoms with Gasteiger partial charge in [-0.1, -0.05) is 41.6 Å². The van der Waals surface area contributed by atoms with Gasteiger partial charge in [0.2, 0.25) is 11.1 Å². The Labute approximate surface area is 163 Å². The number of carbonyl (C=O) groups excluding carboxylic acids is 2. The molecule has 0 fully saturated rings. The van der Waals surface area contributed by atoms with Gasteiger partial charge in [-0.3, -0.25) is 4.79 Å². The molecule has 0 unspecified atom stereocenters. The zero-order valence-electron chi connectivity index (χ0n) is 14.6. The van der Waals surface area contributed by atoms with Gasteiger partial charge in [0.1, 0.15) is 4.88 Å². The quantitative estimate of drug-likeness (QED) is 0.369. The van der Waals surface area contributed by atoms with E-state index >= 15 is 0 Å². The number of thioether (sulfide) groups is 1. The highest BCUT2D eigenvalue weighted by atomic mass is 32.2. The molecule has 0 aliphatic heterocycles. The Bertz CT molecular complexity index is 965. The van der Waals surface area contributed by atoms with E-state index in [1.807, 2.05) is 31.2 Å². The number of methoxy groups -OCH3 is 1. The predicted molar refractivity (Wildman–Crippen MR) is 105 cm³/mol. The van der Waals surface area contributed by atoms with E-state index in [1.165, 1.54) is 23.1 Å². The van der Waals surface area contributed by atoms with Crippen molar-refractivity contribution in [3.8, 4) is 11.4 Å². The molecule has 0 saturated carbocycles. The number of aryl methyl sites for hydroxylation is 1. The Hall–Kier alpha value is -2.85. The van der Waals surface area contributed by atoms with Crippen molar-refractivity contribution >= 4 is 40.7 Å². The van der Waals surface area contributed by atoms with Gasteiger partial charge < -0.3 is 15.9 Å². The molecule has 0 radical (unpaired) electrons. The molecule has 2 aromatic heterocycles. The molecule has 1 amide bonds. The van der Waals surface area contributed by atoms with Gasteiger partial charge in [0.25, 0.3) is 0 Å². The largest absolute Gasteiger partial charge is 0.465 e. The highest BCUT2D eigenvalue weighted by Crippen LogP contribution is 2.25. The summed E-state index contributed by atoms with van der Waals surface area (Å²) in [6.07, 6.45) is 0. The first-order valence-corrected chi connectivity index (χ1v) is 9.72. The van der Waals surface area contributed by atoms with E-state index in [1.54, 1.807) is 11.4 Å². The summed E-state index contributed by atoms with van der Waals surface area (Å²) in [6, 6.07) is 9.40. The van der Waals surface area contributed by atoms with Crippen LogP contribution in [0.3, 0.4) is 0 Å². The van der Waals surface area contributed by atoms with Crippen LogP contribution in [0.4, 0.5) is 5.69 Å². The maximum absolute atomic E-state index is 12.2. The number of hydrogen-bond donors (Lipinski definition) is 2. The normalized spacial score (nSPS) is 10.6. The van der Waals surface area contributed by atoms with Crippen molar-refractivity contribution in [1.82, 2.24) is 14.9 Å². The third-order valence-electron chi connectivity index (χ3n) is 3.62. The van der Waals surface area contributed by atoms with Crippen molar-refractivity contribution in [3.63, 3.8) is 0 Å². The lowest BCUT2D eigenvalue weighted by atomic mass is 10.1. The molecule has 10 heteroatoms. The number of ether oxygens (including phenoxy) is 1. The summed E-state index contributed by atoms with van der Waals surface area (Å²) in [5, 5.41) is 13.0. The lowest BCUT2D eigenvalue weighted by Gasteiger charge is -2.06. The number of anilines is 1. The van der Waals surface area contributed by atoms with E-state index in [2.05, 4.69) is 15.5 Å². The molecule has 27 heavy (non-hydrogen) atoms. The molecule has 8 nitrogen and oxygen atoms in total. The number of rotatable bonds is 6. The SMILES string of the molecule is COC(=O)c1sccc1NC(=O)CSc1nnc(-c2ccc(C)cc2)n1N. The van der Waals surface area contributed by atoms with Gasteiger partial charge in [-0.15, -0.1) is 21.5 Å². The molecular formula is C17H17N5O3S2. The third-order valence-corrected chi connectivity index (χ3v) is 5.45. The van der Waals surface area contributed by atoms with Crippen LogP contribution in [-0.2, 0) is 9.53 Å². The molecule has 0 saturated heterocycles. The minimum atomic E-state index is -0.489. The average molecular weight is 403 g/mol. The lowest BCUT2D eigenvalue weighted by molar-refractivity contribution is -0.113. The second-order valence-electron chi connectivity index (χ2n) is 5.53. The smallest absolute Gasteiger partial charge is 0.350 e. The number of esters is 1. The highest BCUT2D eigenvalue weighted by Gasteiger charge is 2.17. The predicted octanol–water partition coefficient (Wildman–Crippen LogP) is 2.55. The molecule has 0 atom stereocenters. The number of carbonyl (C=O) groups is 2. The van der Waals surface area contributed by atoms with Crippen molar-refractivity contribution in [3.05, 3.63) is 46.2 Å². The van der Waals surface area contributed by atoms with Crippen molar-refractivity contribution in [2.75, 3.05) is 24.0 Å². The second-order valence-corrected chi connectivity index (χ2v) is 7.39. The van der Waals surface area contributed by atoms with Gasteiger partial charge in [-0.25, -0.2) is 9.47 Å². The number of hydrogen-bond acceptors (Lipinski definition) is 8. The van der Waals surface area contributed by atoms with E-state index in [0.717, 1.165) is 22.9 Å². The number of benzene rings is 1. The molecule has 2 heterocycles. The van der Waals surface area contributed by atoms with E-state index in [9.17, 15) is 9.59 Å². The van der Waals surface area contributed by atoms with Gasteiger partial charge in [-0.05, 0) is 18.4 Å². The summed E-state index contributed by atoms with van der Waals surface area (Å²) >= 11 is 2.36. The molecule has 1 aromatic carbocycles. The molecule has 3 aromatic rings. The number of nitrogens with two attached hydrogens (primary N) is 1. The standard InChI is InChI=1S/C17H17N5O3S2/c1-10-3-5-11(6-4-10)15-20-21-17(22(15)18)27-9-13(23)19-12-7-8-26-14(12)16(24)25-2/h3-8H,9,18H2,1-2H3,(H,19,23). The Balaban J connectivity index is 1.64. The number of thiophene rings is 1. The van der Waals surface area contributed by atoms with Crippen LogP contribution in [0.2, 0.25) is 0 Å². The summed E-state index contributed by atoms with van der Waals surface area (Å²) in [7, 11) is 1.29. The van der Waals surface area contributed by atoms with Gasteiger partial charge in [0.05, 0.1) is 18.6 Å². The Morgan fingerprint density at radius 2 is 2.00 bits per heavy atom.